The van der Waals surface area contributed by atoms with E-state index in [4.69, 9.17) is 36.4 Å². The number of anilines is 1. The summed E-state index contributed by atoms with van der Waals surface area (Å²) in [5.74, 6) is 2.78. The van der Waals surface area contributed by atoms with Crippen molar-refractivity contribution in [3.05, 3.63) is 52.5 Å². The summed E-state index contributed by atoms with van der Waals surface area (Å²) in [6, 6.07) is 15.8. The van der Waals surface area contributed by atoms with E-state index in [9.17, 15) is 0 Å². The Balaban J connectivity index is 1.76. The quantitative estimate of drug-likeness (QED) is 0.394. The predicted octanol–water partition coefficient (Wildman–Crippen LogP) is 4.73. The second-order valence-electron chi connectivity index (χ2n) is 7.23. The van der Waals surface area contributed by atoms with Gasteiger partial charge in [0.2, 0.25) is 0 Å². The van der Waals surface area contributed by atoms with Crippen LogP contribution in [0.4, 0.5) is 5.82 Å². The lowest BCUT2D eigenvalue weighted by atomic mass is 10.2. The maximum absolute atomic E-state index is 5.76. The summed E-state index contributed by atoms with van der Waals surface area (Å²) >= 11 is 7.30. The molecule has 1 fully saturated rings. The first kappa shape index (κ1) is 20.9. The van der Waals surface area contributed by atoms with Gasteiger partial charge in [-0.15, -0.1) is 0 Å². The van der Waals surface area contributed by atoms with Crippen LogP contribution in [-0.2, 0) is 4.74 Å². The van der Waals surface area contributed by atoms with Gasteiger partial charge < -0.3 is 19.1 Å². The van der Waals surface area contributed by atoms with E-state index < -0.39 is 0 Å². The molecule has 1 aliphatic heterocycles. The first-order valence-electron chi connectivity index (χ1n) is 10.2. The van der Waals surface area contributed by atoms with Crippen LogP contribution in [-0.4, -0.2) is 55.1 Å². The average molecular weight is 467 g/mol. The number of benzene rings is 2. The molecule has 0 bridgehead atoms. The molecule has 2 aromatic heterocycles. The van der Waals surface area contributed by atoms with E-state index in [1.807, 2.05) is 53.1 Å². The van der Waals surface area contributed by atoms with Crippen molar-refractivity contribution < 1.29 is 14.2 Å². The summed E-state index contributed by atoms with van der Waals surface area (Å²) < 4.78 is 20.2. The fourth-order valence-corrected chi connectivity index (χ4v) is 5.18. The third-order valence-electron chi connectivity index (χ3n) is 5.38. The second-order valence-corrected chi connectivity index (χ2v) is 8.88. The Morgan fingerprint density at radius 1 is 0.969 bits per heavy atom. The molecule has 0 aliphatic carbocycles. The van der Waals surface area contributed by atoms with Crippen LogP contribution < -0.4 is 14.4 Å². The van der Waals surface area contributed by atoms with Crippen LogP contribution in [0.3, 0.4) is 0 Å². The van der Waals surface area contributed by atoms with Gasteiger partial charge in [0.05, 0.1) is 27.4 Å². The Morgan fingerprint density at radius 3 is 2.44 bits per heavy atom. The highest BCUT2D eigenvalue weighted by Gasteiger charge is 2.22. The van der Waals surface area contributed by atoms with Gasteiger partial charge >= 0.3 is 0 Å². The molecule has 9 heteroatoms. The number of para-hydroxylation sites is 1. The van der Waals surface area contributed by atoms with Crippen molar-refractivity contribution in [3.63, 3.8) is 0 Å². The van der Waals surface area contributed by atoms with Crippen molar-refractivity contribution in [2.45, 2.75) is 0 Å². The third-order valence-corrected chi connectivity index (χ3v) is 6.74. The summed E-state index contributed by atoms with van der Waals surface area (Å²) in [5.41, 5.74) is 2.62. The fraction of sp³-hybridized carbons (Fsp3) is 0.261. The Bertz CT molecular complexity index is 1310. The van der Waals surface area contributed by atoms with Gasteiger partial charge in [0.25, 0.3) is 0 Å². The molecule has 0 saturated carbocycles. The fourth-order valence-electron chi connectivity index (χ4n) is 3.79. The van der Waals surface area contributed by atoms with E-state index in [1.165, 1.54) is 11.3 Å². The number of hydrogen-bond donors (Lipinski definition) is 0. The van der Waals surface area contributed by atoms with Gasteiger partial charge in [0, 0.05) is 24.3 Å². The highest BCUT2D eigenvalue weighted by atomic mass is 32.1. The first-order valence-corrected chi connectivity index (χ1v) is 11.5. The summed E-state index contributed by atoms with van der Waals surface area (Å²) in [4.78, 5) is 12.2. The van der Waals surface area contributed by atoms with Crippen LogP contribution in [0.2, 0.25) is 0 Å². The van der Waals surface area contributed by atoms with Crippen LogP contribution in [0.15, 0.2) is 48.5 Å². The van der Waals surface area contributed by atoms with Gasteiger partial charge in [-0.1, -0.05) is 29.5 Å². The number of morpholine rings is 1. The van der Waals surface area contributed by atoms with E-state index >= 15 is 0 Å². The molecule has 164 valence electrons. The molecule has 5 rings (SSSR count). The molecular weight excluding hydrogens is 444 g/mol. The smallest absolute Gasteiger partial charge is 0.168 e. The van der Waals surface area contributed by atoms with Crippen molar-refractivity contribution in [1.29, 1.82) is 0 Å². The zero-order valence-corrected chi connectivity index (χ0v) is 19.4. The van der Waals surface area contributed by atoms with Gasteiger partial charge in [0.1, 0.15) is 4.70 Å². The van der Waals surface area contributed by atoms with Crippen molar-refractivity contribution >= 4 is 39.7 Å². The van der Waals surface area contributed by atoms with Crippen molar-refractivity contribution in [2.24, 2.45) is 0 Å². The number of aromatic nitrogens is 3. The first-order chi connectivity index (χ1) is 15.7. The SMILES string of the molecule is COc1ccc(-c2nc(N3CCOCC3)c3sc(=S)n(-c4ccccc4)c3n2)cc1OC. The molecule has 1 saturated heterocycles. The normalized spacial score (nSPS) is 14.0. The molecule has 7 nitrogen and oxygen atoms in total. The third kappa shape index (κ3) is 3.72. The molecule has 0 atom stereocenters. The summed E-state index contributed by atoms with van der Waals surface area (Å²) in [6.07, 6.45) is 0. The Morgan fingerprint density at radius 2 is 1.72 bits per heavy atom. The van der Waals surface area contributed by atoms with E-state index in [2.05, 4.69) is 4.90 Å². The summed E-state index contributed by atoms with van der Waals surface area (Å²) in [7, 11) is 3.24. The number of fused-ring (bicyclic) bond motifs is 1. The minimum atomic E-state index is 0.609. The number of rotatable bonds is 5. The van der Waals surface area contributed by atoms with E-state index in [-0.39, 0.29) is 0 Å². The van der Waals surface area contributed by atoms with Crippen LogP contribution in [0.5, 0.6) is 11.5 Å². The Labute approximate surface area is 194 Å². The lowest BCUT2D eigenvalue weighted by Gasteiger charge is -2.28. The Kier molecular flexibility index (Phi) is 5.77. The van der Waals surface area contributed by atoms with E-state index in [0.29, 0.717) is 30.5 Å². The van der Waals surface area contributed by atoms with Gasteiger partial charge in [-0.25, -0.2) is 9.97 Å². The maximum Gasteiger partial charge on any atom is 0.168 e. The number of nitrogens with zero attached hydrogens (tertiary/aromatic N) is 4. The molecular formula is C23H22N4O3S2. The molecule has 0 N–H and O–H groups in total. The van der Waals surface area contributed by atoms with Crippen molar-refractivity contribution in [2.75, 3.05) is 45.4 Å². The van der Waals surface area contributed by atoms with Gasteiger partial charge in [-0.05, 0) is 42.5 Å². The zero-order chi connectivity index (χ0) is 22.1. The lowest BCUT2D eigenvalue weighted by Crippen LogP contribution is -2.37. The van der Waals surface area contributed by atoms with Crippen LogP contribution in [0.25, 0.3) is 27.4 Å². The largest absolute Gasteiger partial charge is 0.493 e. The van der Waals surface area contributed by atoms with Gasteiger partial charge in [0.15, 0.2) is 32.7 Å². The molecule has 0 amide bonds. The maximum atomic E-state index is 5.76. The predicted molar refractivity (Wildman–Crippen MR) is 129 cm³/mol. The topological polar surface area (TPSA) is 61.6 Å². The van der Waals surface area contributed by atoms with Crippen LogP contribution >= 0.6 is 23.6 Å². The molecule has 2 aromatic carbocycles. The second kappa shape index (κ2) is 8.85. The van der Waals surface area contributed by atoms with Crippen LogP contribution in [0, 0.1) is 3.95 Å². The number of hydrogen-bond acceptors (Lipinski definition) is 8. The van der Waals surface area contributed by atoms with Crippen LogP contribution in [0.1, 0.15) is 0 Å². The van der Waals surface area contributed by atoms with Gasteiger partial charge in [-0.3, -0.25) is 4.57 Å². The minimum Gasteiger partial charge on any atom is -0.493 e. The Hall–Kier alpha value is -3.01. The number of ether oxygens (including phenoxy) is 3. The van der Waals surface area contributed by atoms with E-state index in [0.717, 1.165) is 44.5 Å². The highest BCUT2D eigenvalue weighted by molar-refractivity contribution is 7.73. The molecule has 0 spiro atoms. The van der Waals surface area contributed by atoms with Crippen molar-refractivity contribution in [1.82, 2.24) is 14.5 Å². The van der Waals surface area contributed by atoms with E-state index in [1.54, 1.807) is 14.2 Å². The average Bonchev–Trinajstić information content (AvgIpc) is 3.19. The number of thiazole rings is 1. The van der Waals surface area contributed by atoms with Gasteiger partial charge in [-0.2, -0.15) is 0 Å². The monoisotopic (exact) mass is 466 g/mol. The molecule has 0 unspecified atom stereocenters. The lowest BCUT2D eigenvalue weighted by molar-refractivity contribution is 0.122. The molecule has 4 aromatic rings. The highest BCUT2D eigenvalue weighted by Crippen LogP contribution is 2.36. The van der Waals surface area contributed by atoms with Crippen molar-refractivity contribution in [3.8, 4) is 28.6 Å². The summed E-state index contributed by atoms with van der Waals surface area (Å²) in [6.45, 7) is 2.88. The molecule has 32 heavy (non-hydrogen) atoms. The standard InChI is InChI=1S/C23H22N4O3S2/c1-28-17-9-8-15(14-18(17)29-2)20-24-21(26-10-12-30-13-11-26)19-22(25-20)27(23(31)32-19)16-6-4-3-5-7-16/h3-9,14H,10-13H2,1-2H3. The molecule has 0 radical (unpaired) electrons. The zero-order valence-electron chi connectivity index (χ0n) is 17.8. The molecule has 1 aliphatic rings. The molecule has 3 heterocycles. The minimum absolute atomic E-state index is 0.609. The summed E-state index contributed by atoms with van der Waals surface area (Å²) in [5, 5.41) is 0. The number of methoxy groups -OCH3 is 2.